The predicted molar refractivity (Wildman–Crippen MR) is 79.8 cm³/mol. The number of aryl methyl sites for hydroxylation is 1. The zero-order chi connectivity index (χ0) is 17.4. The molecule has 23 heavy (non-hydrogen) atoms. The Kier molecular flexibility index (Phi) is 7.24. The Bertz CT molecular complexity index is 671. The molecule has 0 radical (unpaired) electrons. The number of halogens is 1. The molecule has 0 atom stereocenters. The first-order valence-electron chi connectivity index (χ1n) is 6.10. The van der Waals surface area contributed by atoms with Crippen LogP contribution in [0, 0.1) is 20.2 Å². The number of nitrogens with zero attached hydrogens (tertiary/aromatic N) is 5. The van der Waals surface area contributed by atoms with Crippen molar-refractivity contribution in [3.05, 3.63) is 43.7 Å². The standard InChI is InChI=1S/C6H8BrN3O3.C4H5N3O3/c7-1-2-9-5(4-11)3-6(8-9)10(12)13;8-2-3-1-4(6-5-3)7(9)10/h3,11H,1-2,4H2;1,8H,2H2,(H,5,6). The normalized spacial score (nSPS) is 10.0. The number of hydrogen-bond donors (Lipinski definition) is 3. The second kappa shape index (κ2) is 8.92. The molecule has 2 rings (SSSR count). The molecule has 13 heteroatoms. The topological polar surface area (TPSA) is 173 Å². The van der Waals surface area contributed by atoms with Crippen molar-refractivity contribution in [2.75, 3.05) is 5.33 Å². The molecule has 0 amide bonds. The molecule has 12 nitrogen and oxygen atoms in total. The van der Waals surface area contributed by atoms with Crippen LogP contribution >= 0.6 is 15.9 Å². The van der Waals surface area contributed by atoms with Crippen LogP contribution in [-0.2, 0) is 19.8 Å². The highest BCUT2D eigenvalue weighted by atomic mass is 79.9. The third kappa shape index (κ3) is 5.39. The van der Waals surface area contributed by atoms with E-state index in [4.69, 9.17) is 10.2 Å². The van der Waals surface area contributed by atoms with Crippen molar-refractivity contribution in [1.29, 1.82) is 0 Å². The smallest absolute Gasteiger partial charge is 0.390 e. The first-order chi connectivity index (χ1) is 10.9. The van der Waals surface area contributed by atoms with Crippen molar-refractivity contribution in [3.63, 3.8) is 0 Å². The average molecular weight is 393 g/mol. The van der Waals surface area contributed by atoms with Crippen LogP contribution < -0.4 is 0 Å². The van der Waals surface area contributed by atoms with Crippen LogP contribution in [-0.4, -0.2) is 45.4 Å². The highest BCUT2D eigenvalue weighted by molar-refractivity contribution is 9.09. The van der Waals surface area contributed by atoms with Gasteiger partial charge in [0.05, 0.1) is 42.7 Å². The molecule has 2 aromatic heterocycles. The molecule has 0 spiro atoms. The maximum Gasteiger partial charge on any atom is 0.390 e. The minimum absolute atomic E-state index is 0.205. The van der Waals surface area contributed by atoms with E-state index in [0.29, 0.717) is 17.6 Å². The largest absolute Gasteiger partial charge is 0.390 e. The van der Waals surface area contributed by atoms with Gasteiger partial charge in [0, 0.05) is 5.33 Å². The summed E-state index contributed by atoms with van der Waals surface area (Å²) >= 11 is 3.18. The Labute approximate surface area is 137 Å². The van der Waals surface area contributed by atoms with Gasteiger partial charge in [-0.05, 0) is 9.85 Å². The van der Waals surface area contributed by atoms with E-state index in [2.05, 4.69) is 31.2 Å². The number of nitro groups is 2. The van der Waals surface area contributed by atoms with Crippen molar-refractivity contribution < 1.29 is 20.1 Å². The van der Waals surface area contributed by atoms with Gasteiger partial charge in [-0.25, -0.2) is 0 Å². The maximum atomic E-state index is 10.3. The Morgan fingerprint density at radius 2 is 1.91 bits per heavy atom. The number of nitrogens with one attached hydrogen (secondary N) is 1. The fourth-order valence-corrected chi connectivity index (χ4v) is 1.79. The molecule has 0 bridgehead atoms. The van der Waals surface area contributed by atoms with Crippen LogP contribution in [0.3, 0.4) is 0 Å². The first-order valence-corrected chi connectivity index (χ1v) is 7.22. The molecule has 3 N–H and O–H groups in total. The van der Waals surface area contributed by atoms with Gasteiger partial charge in [0.25, 0.3) is 0 Å². The van der Waals surface area contributed by atoms with E-state index in [1.807, 2.05) is 0 Å². The second-order valence-electron chi connectivity index (χ2n) is 3.98. The minimum atomic E-state index is -0.605. The Hall–Kier alpha value is -2.38. The lowest BCUT2D eigenvalue weighted by Crippen LogP contribution is -2.05. The molecule has 0 fully saturated rings. The summed E-state index contributed by atoms with van der Waals surface area (Å²) in [7, 11) is 0. The maximum absolute atomic E-state index is 10.3. The third-order valence-electron chi connectivity index (χ3n) is 2.47. The molecule has 0 unspecified atom stereocenters. The lowest BCUT2D eigenvalue weighted by Gasteiger charge is -1.94. The molecular formula is C10H13BrN6O6. The van der Waals surface area contributed by atoms with Crippen LogP contribution in [0.5, 0.6) is 0 Å². The summed E-state index contributed by atoms with van der Waals surface area (Å²) in [4.78, 5) is 19.1. The monoisotopic (exact) mass is 392 g/mol. The number of aromatic nitrogens is 4. The lowest BCUT2D eigenvalue weighted by atomic mass is 10.4. The van der Waals surface area contributed by atoms with E-state index in [-0.39, 0.29) is 30.5 Å². The van der Waals surface area contributed by atoms with Crippen molar-refractivity contribution in [2.45, 2.75) is 19.8 Å². The van der Waals surface area contributed by atoms with Crippen molar-refractivity contribution >= 4 is 27.6 Å². The van der Waals surface area contributed by atoms with E-state index in [0.717, 1.165) is 0 Å². The average Bonchev–Trinajstić information content (AvgIpc) is 3.14. The summed E-state index contributed by atoms with van der Waals surface area (Å²) in [5.41, 5.74) is 0.720. The predicted octanol–water partition coefficient (Wildman–Crippen LogP) is 0.489. The van der Waals surface area contributed by atoms with E-state index >= 15 is 0 Å². The van der Waals surface area contributed by atoms with Gasteiger partial charge in [-0.2, -0.15) is 4.68 Å². The molecule has 2 heterocycles. The SMILES string of the molecule is O=[N+]([O-])c1cc(CO)n(CCBr)n1.O=[N+]([O-])c1cc(CO)n[nH]1. The molecule has 126 valence electrons. The van der Waals surface area contributed by atoms with Crippen LogP contribution in [0.15, 0.2) is 12.1 Å². The van der Waals surface area contributed by atoms with Gasteiger partial charge in [-0.15, -0.1) is 5.10 Å². The summed E-state index contributed by atoms with van der Waals surface area (Å²) in [5, 5.41) is 47.5. The summed E-state index contributed by atoms with van der Waals surface area (Å²) in [6.07, 6.45) is 0. The van der Waals surface area contributed by atoms with Crippen LogP contribution in [0.25, 0.3) is 0 Å². The molecule has 0 aliphatic carbocycles. The summed E-state index contributed by atoms with van der Waals surface area (Å²) in [5.74, 6) is -0.436. The van der Waals surface area contributed by atoms with E-state index in [1.165, 1.54) is 16.8 Å². The van der Waals surface area contributed by atoms with Gasteiger partial charge in [-0.3, -0.25) is 0 Å². The summed E-state index contributed by atoms with van der Waals surface area (Å²) in [6, 6.07) is 2.45. The minimum Gasteiger partial charge on any atom is -0.390 e. The first kappa shape index (κ1) is 18.7. The summed E-state index contributed by atoms with van der Waals surface area (Å²) in [6.45, 7) is -0.0259. The number of rotatable bonds is 6. The Balaban J connectivity index is 0.000000238. The quantitative estimate of drug-likeness (QED) is 0.361. The molecule has 0 aromatic carbocycles. The van der Waals surface area contributed by atoms with Gasteiger partial charge in [0.15, 0.2) is 0 Å². The number of aromatic amines is 1. The Morgan fingerprint density at radius 3 is 2.30 bits per heavy atom. The van der Waals surface area contributed by atoms with Crippen LogP contribution in [0.1, 0.15) is 11.4 Å². The number of H-pyrrole nitrogens is 1. The third-order valence-corrected chi connectivity index (χ3v) is 2.83. The van der Waals surface area contributed by atoms with Gasteiger partial charge >= 0.3 is 11.6 Å². The van der Waals surface area contributed by atoms with Gasteiger partial charge in [-0.1, -0.05) is 21.0 Å². The van der Waals surface area contributed by atoms with Gasteiger partial charge < -0.3 is 30.4 Å². The fourth-order valence-electron chi connectivity index (χ4n) is 1.46. The zero-order valence-corrected chi connectivity index (χ0v) is 13.2. The number of aliphatic hydroxyl groups is 2. The highest BCUT2D eigenvalue weighted by Gasteiger charge is 2.16. The molecule has 2 aromatic rings. The van der Waals surface area contributed by atoms with E-state index < -0.39 is 9.85 Å². The van der Waals surface area contributed by atoms with Crippen molar-refractivity contribution in [1.82, 2.24) is 20.0 Å². The number of aliphatic hydroxyl groups excluding tert-OH is 2. The van der Waals surface area contributed by atoms with Crippen molar-refractivity contribution in [2.24, 2.45) is 0 Å². The van der Waals surface area contributed by atoms with Gasteiger partial charge in [0.2, 0.25) is 0 Å². The Morgan fingerprint density at radius 1 is 1.22 bits per heavy atom. The lowest BCUT2D eigenvalue weighted by molar-refractivity contribution is -0.389. The summed E-state index contributed by atoms with van der Waals surface area (Å²) < 4.78 is 1.41. The molecule has 0 aliphatic rings. The van der Waals surface area contributed by atoms with E-state index in [1.54, 1.807) is 0 Å². The fraction of sp³-hybridized carbons (Fsp3) is 0.400. The van der Waals surface area contributed by atoms with Crippen molar-refractivity contribution in [3.8, 4) is 0 Å². The molecule has 0 aliphatic heterocycles. The molecule has 0 saturated carbocycles. The molecule has 0 saturated heterocycles. The number of hydrogen-bond acceptors (Lipinski definition) is 8. The van der Waals surface area contributed by atoms with E-state index in [9.17, 15) is 20.2 Å². The second-order valence-corrected chi connectivity index (χ2v) is 4.77. The molecular weight excluding hydrogens is 380 g/mol. The van der Waals surface area contributed by atoms with Crippen LogP contribution in [0.4, 0.5) is 11.6 Å². The number of alkyl halides is 1. The van der Waals surface area contributed by atoms with Crippen LogP contribution in [0.2, 0.25) is 0 Å². The zero-order valence-electron chi connectivity index (χ0n) is 11.6. The highest BCUT2D eigenvalue weighted by Crippen LogP contribution is 2.12. The van der Waals surface area contributed by atoms with Gasteiger partial charge in [0.1, 0.15) is 5.69 Å².